The second-order valence-corrected chi connectivity index (χ2v) is 5.47. The van der Waals surface area contributed by atoms with E-state index in [4.69, 9.17) is 0 Å². The zero-order chi connectivity index (χ0) is 14.0. The van der Waals surface area contributed by atoms with E-state index in [1.807, 2.05) is 0 Å². The molecule has 0 aliphatic carbocycles. The summed E-state index contributed by atoms with van der Waals surface area (Å²) in [6.45, 7) is 6.51. The fourth-order valence-electron chi connectivity index (χ4n) is 2.95. The molecule has 1 radical (unpaired) electrons. The van der Waals surface area contributed by atoms with Crippen LogP contribution < -0.4 is 0 Å². The average molecular weight is 259 g/mol. The van der Waals surface area contributed by atoms with E-state index in [1.54, 1.807) is 0 Å². The van der Waals surface area contributed by atoms with Gasteiger partial charge in [-0.15, -0.1) is 0 Å². The number of fused-ring (bicyclic) bond motifs is 1. The minimum absolute atomic E-state index is 0.0534. The molecule has 0 aliphatic heterocycles. The summed E-state index contributed by atoms with van der Waals surface area (Å²) in [5.41, 5.74) is 2.63. The lowest BCUT2D eigenvalue weighted by atomic mass is 9.73. The van der Waals surface area contributed by atoms with E-state index in [0.717, 1.165) is 6.42 Å². The second-order valence-electron chi connectivity index (χ2n) is 5.47. The largest absolute Gasteiger partial charge is 0.0622 e. The van der Waals surface area contributed by atoms with E-state index >= 15 is 0 Å². The Kier molecular flexibility index (Phi) is 3.31. The average Bonchev–Trinajstić information content (AvgIpc) is 2.54. The SMILES string of the molecule is [CH2]CC(C)(c1ccccc1)c1cccc2ccccc12. The van der Waals surface area contributed by atoms with Crippen molar-refractivity contribution < 1.29 is 0 Å². The smallest absolute Gasteiger partial charge is 0.0180 e. The van der Waals surface area contributed by atoms with Gasteiger partial charge in [-0.3, -0.25) is 0 Å². The van der Waals surface area contributed by atoms with Crippen molar-refractivity contribution >= 4 is 10.8 Å². The maximum Gasteiger partial charge on any atom is 0.0180 e. The molecule has 0 aromatic heterocycles. The summed E-state index contributed by atoms with van der Waals surface area (Å²) in [6.07, 6.45) is 0.838. The zero-order valence-corrected chi connectivity index (χ0v) is 11.8. The molecule has 0 heterocycles. The Morgan fingerprint density at radius 3 is 2.20 bits per heavy atom. The van der Waals surface area contributed by atoms with Crippen LogP contribution in [0.3, 0.4) is 0 Å². The summed E-state index contributed by atoms with van der Waals surface area (Å²) in [6, 6.07) is 25.8. The molecule has 0 amide bonds. The number of hydrogen-bond acceptors (Lipinski definition) is 0. The maximum absolute atomic E-state index is 4.22. The van der Waals surface area contributed by atoms with Crippen LogP contribution in [0.4, 0.5) is 0 Å². The van der Waals surface area contributed by atoms with Crippen LogP contribution in [-0.2, 0) is 5.41 Å². The van der Waals surface area contributed by atoms with Crippen molar-refractivity contribution in [3.8, 4) is 0 Å². The van der Waals surface area contributed by atoms with Crippen LogP contribution in [0.25, 0.3) is 10.8 Å². The molecule has 99 valence electrons. The van der Waals surface area contributed by atoms with Crippen LogP contribution in [0.1, 0.15) is 24.5 Å². The van der Waals surface area contributed by atoms with Gasteiger partial charge in [-0.05, 0) is 28.3 Å². The van der Waals surface area contributed by atoms with Crippen molar-refractivity contribution in [1.82, 2.24) is 0 Å². The Hall–Kier alpha value is -2.08. The highest BCUT2D eigenvalue weighted by atomic mass is 14.3. The molecule has 0 fully saturated rings. The molecule has 0 nitrogen and oxygen atoms in total. The van der Waals surface area contributed by atoms with Gasteiger partial charge in [0, 0.05) is 5.41 Å². The maximum atomic E-state index is 4.22. The molecule has 1 atom stereocenters. The Morgan fingerprint density at radius 2 is 1.45 bits per heavy atom. The normalized spacial score (nSPS) is 14.1. The van der Waals surface area contributed by atoms with Crippen molar-refractivity contribution in [3.63, 3.8) is 0 Å². The van der Waals surface area contributed by atoms with E-state index in [2.05, 4.69) is 86.6 Å². The first-order chi connectivity index (χ1) is 9.75. The Morgan fingerprint density at radius 1 is 0.800 bits per heavy atom. The second kappa shape index (κ2) is 5.13. The fraction of sp³-hybridized carbons (Fsp3) is 0.150. The molecular formula is C20H19. The van der Waals surface area contributed by atoms with Crippen LogP contribution in [0.2, 0.25) is 0 Å². The van der Waals surface area contributed by atoms with Crippen LogP contribution in [0.5, 0.6) is 0 Å². The molecule has 0 saturated heterocycles. The first kappa shape index (κ1) is 12.9. The van der Waals surface area contributed by atoms with E-state index < -0.39 is 0 Å². The Bertz CT molecular complexity index is 707. The van der Waals surface area contributed by atoms with Gasteiger partial charge in [0.05, 0.1) is 0 Å². The molecule has 3 aromatic rings. The van der Waals surface area contributed by atoms with Crippen LogP contribution >= 0.6 is 0 Å². The molecule has 0 aliphatic rings. The van der Waals surface area contributed by atoms with Crippen molar-refractivity contribution in [2.75, 3.05) is 0 Å². The van der Waals surface area contributed by atoms with Gasteiger partial charge in [0.25, 0.3) is 0 Å². The van der Waals surface area contributed by atoms with E-state index in [0.29, 0.717) is 0 Å². The third-order valence-corrected chi connectivity index (χ3v) is 4.30. The molecule has 1 unspecified atom stereocenters. The van der Waals surface area contributed by atoms with Gasteiger partial charge in [-0.2, -0.15) is 0 Å². The molecule has 0 spiro atoms. The van der Waals surface area contributed by atoms with Crippen molar-refractivity contribution in [1.29, 1.82) is 0 Å². The predicted octanol–water partition coefficient (Wildman–Crippen LogP) is 5.37. The monoisotopic (exact) mass is 259 g/mol. The lowest BCUT2D eigenvalue weighted by Gasteiger charge is -2.31. The van der Waals surface area contributed by atoms with Crippen molar-refractivity contribution in [2.45, 2.75) is 18.8 Å². The van der Waals surface area contributed by atoms with Gasteiger partial charge in [0.2, 0.25) is 0 Å². The van der Waals surface area contributed by atoms with Gasteiger partial charge in [-0.25, -0.2) is 0 Å². The summed E-state index contributed by atoms with van der Waals surface area (Å²) in [4.78, 5) is 0. The van der Waals surface area contributed by atoms with Gasteiger partial charge < -0.3 is 0 Å². The molecule has 0 heteroatoms. The van der Waals surface area contributed by atoms with Crippen LogP contribution in [0.15, 0.2) is 72.8 Å². The van der Waals surface area contributed by atoms with Crippen LogP contribution in [-0.4, -0.2) is 0 Å². The summed E-state index contributed by atoms with van der Waals surface area (Å²) in [7, 11) is 0. The standard InChI is InChI=1S/C20H19/c1-3-20(2,17-12-5-4-6-13-17)19-15-9-11-16-10-7-8-14-18(16)19/h4-15H,1,3H2,2H3. The highest BCUT2D eigenvalue weighted by Crippen LogP contribution is 2.38. The molecule has 0 saturated carbocycles. The van der Waals surface area contributed by atoms with Crippen molar-refractivity contribution in [2.24, 2.45) is 0 Å². The summed E-state index contributed by atoms with van der Waals surface area (Å²) in [5.74, 6) is 0. The molecule has 0 N–H and O–H groups in total. The molecule has 3 aromatic carbocycles. The van der Waals surface area contributed by atoms with Crippen LogP contribution in [0, 0.1) is 6.92 Å². The first-order valence-electron chi connectivity index (χ1n) is 7.09. The number of rotatable bonds is 3. The summed E-state index contributed by atoms with van der Waals surface area (Å²) >= 11 is 0. The fourth-order valence-corrected chi connectivity index (χ4v) is 2.95. The van der Waals surface area contributed by atoms with Gasteiger partial charge in [0.15, 0.2) is 0 Å². The molecule has 3 rings (SSSR count). The topological polar surface area (TPSA) is 0 Å². The minimum Gasteiger partial charge on any atom is -0.0622 e. The highest BCUT2D eigenvalue weighted by molar-refractivity contribution is 5.87. The zero-order valence-electron chi connectivity index (χ0n) is 11.8. The predicted molar refractivity (Wildman–Crippen MR) is 86.8 cm³/mol. The third-order valence-electron chi connectivity index (χ3n) is 4.30. The lowest BCUT2D eigenvalue weighted by molar-refractivity contribution is 0.583. The van der Waals surface area contributed by atoms with Gasteiger partial charge in [0.1, 0.15) is 0 Å². The number of hydrogen-bond donors (Lipinski definition) is 0. The third kappa shape index (κ3) is 2.02. The summed E-state index contributed by atoms with van der Waals surface area (Å²) in [5, 5.41) is 2.62. The molecular weight excluding hydrogens is 240 g/mol. The quantitative estimate of drug-likeness (QED) is 0.593. The van der Waals surface area contributed by atoms with E-state index in [-0.39, 0.29) is 5.41 Å². The van der Waals surface area contributed by atoms with Gasteiger partial charge >= 0.3 is 0 Å². The molecule has 20 heavy (non-hydrogen) atoms. The summed E-state index contributed by atoms with van der Waals surface area (Å²) < 4.78 is 0. The Labute approximate surface area is 121 Å². The Balaban J connectivity index is 2.27. The number of benzene rings is 3. The van der Waals surface area contributed by atoms with Gasteiger partial charge in [-0.1, -0.05) is 86.6 Å². The highest BCUT2D eigenvalue weighted by Gasteiger charge is 2.28. The molecule has 0 bridgehead atoms. The van der Waals surface area contributed by atoms with E-state index in [1.165, 1.54) is 21.9 Å². The van der Waals surface area contributed by atoms with E-state index in [9.17, 15) is 0 Å². The minimum atomic E-state index is -0.0534. The van der Waals surface area contributed by atoms with Crippen molar-refractivity contribution in [3.05, 3.63) is 90.8 Å². The first-order valence-corrected chi connectivity index (χ1v) is 7.09. The lowest BCUT2D eigenvalue weighted by Crippen LogP contribution is -2.22.